The summed E-state index contributed by atoms with van der Waals surface area (Å²) in [6.07, 6.45) is 0. The van der Waals surface area contributed by atoms with E-state index in [2.05, 4.69) is 0 Å². The molecule has 4 aromatic carbocycles. The van der Waals surface area contributed by atoms with Gasteiger partial charge in [-0.2, -0.15) is 0 Å². The molecule has 1 atom stereocenters. The number of ketones is 1. The van der Waals surface area contributed by atoms with E-state index in [4.69, 9.17) is 9.47 Å². The minimum atomic E-state index is -1.18. The number of para-hydroxylation sites is 1. The number of benzene rings is 4. The summed E-state index contributed by atoms with van der Waals surface area (Å²) in [6, 6.07) is 23.1. The molecule has 6 nitrogen and oxygen atoms in total. The Morgan fingerprint density at radius 1 is 0.816 bits per heavy atom. The molecule has 190 valence electrons. The number of hydrogen-bond donors (Lipinski definition) is 1. The first kappa shape index (κ1) is 24.7. The summed E-state index contributed by atoms with van der Waals surface area (Å²) < 4.78 is 39.5. The monoisotopic (exact) mass is 513 g/mol. The molecule has 0 saturated carbocycles. The first-order valence-corrected chi connectivity index (χ1v) is 11.6. The molecule has 1 N–H and O–H groups in total. The Balaban J connectivity index is 1.71. The van der Waals surface area contributed by atoms with E-state index < -0.39 is 35.1 Å². The number of amides is 1. The van der Waals surface area contributed by atoms with Crippen LogP contribution in [0.1, 0.15) is 17.2 Å². The number of nitrogens with zero attached hydrogens (tertiary/aromatic N) is 1. The van der Waals surface area contributed by atoms with Gasteiger partial charge >= 0.3 is 0 Å². The predicted molar refractivity (Wildman–Crippen MR) is 137 cm³/mol. The third-order valence-electron chi connectivity index (χ3n) is 6.10. The molecule has 38 heavy (non-hydrogen) atoms. The van der Waals surface area contributed by atoms with Crippen molar-refractivity contribution in [1.29, 1.82) is 0 Å². The van der Waals surface area contributed by atoms with Crippen molar-refractivity contribution in [1.82, 2.24) is 0 Å². The van der Waals surface area contributed by atoms with Gasteiger partial charge in [0.05, 0.1) is 24.3 Å². The summed E-state index contributed by atoms with van der Waals surface area (Å²) in [6.45, 7) is 0. The Kier molecular flexibility index (Phi) is 6.62. The van der Waals surface area contributed by atoms with Gasteiger partial charge in [0.25, 0.3) is 11.7 Å². The number of carbonyl (C=O) groups excluding carboxylic acids is 2. The van der Waals surface area contributed by atoms with Gasteiger partial charge in [-0.15, -0.1) is 0 Å². The Hall–Kier alpha value is -4.98. The fourth-order valence-electron chi connectivity index (χ4n) is 4.42. The maximum Gasteiger partial charge on any atom is 0.300 e. The number of Topliss-reactive ketones (excluding diaryl/α,β-unsaturated/α-hetero) is 1. The first-order chi connectivity index (χ1) is 18.4. The number of methoxy groups -OCH3 is 1. The highest BCUT2D eigenvalue weighted by molar-refractivity contribution is 6.51. The van der Waals surface area contributed by atoms with Crippen LogP contribution in [0.25, 0.3) is 5.76 Å². The predicted octanol–water partition coefficient (Wildman–Crippen LogP) is 6.39. The lowest BCUT2D eigenvalue weighted by Gasteiger charge is -2.26. The Bertz CT molecular complexity index is 1570. The summed E-state index contributed by atoms with van der Waals surface area (Å²) in [5.41, 5.74) is 0.0991. The smallest absolute Gasteiger partial charge is 0.300 e. The third kappa shape index (κ3) is 4.59. The second-order valence-corrected chi connectivity index (χ2v) is 8.48. The number of carbonyl (C=O) groups is 2. The van der Waals surface area contributed by atoms with Crippen LogP contribution in [-0.2, 0) is 9.59 Å². The molecule has 5 rings (SSSR count). The molecule has 1 saturated heterocycles. The molecule has 1 aliphatic heterocycles. The van der Waals surface area contributed by atoms with Crippen molar-refractivity contribution in [3.05, 3.63) is 125 Å². The minimum absolute atomic E-state index is 0.0979. The van der Waals surface area contributed by atoms with Crippen LogP contribution in [-0.4, -0.2) is 23.9 Å². The van der Waals surface area contributed by atoms with Crippen molar-refractivity contribution in [2.24, 2.45) is 0 Å². The lowest BCUT2D eigenvalue weighted by atomic mass is 9.94. The Morgan fingerprint density at radius 3 is 2.26 bits per heavy atom. The van der Waals surface area contributed by atoms with E-state index in [-0.39, 0.29) is 22.6 Å². The molecule has 0 aliphatic carbocycles. The number of aliphatic hydroxyl groups excluding tert-OH is 1. The van der Waals surface area contributed by atoms with Crippen LogP contribution in [0.2, 0.25) is 0 Å². The zero-order chi connectivity index (χ0) is 26.8. The normalized spacial score (nSPS) is 16.5. The van der Waals surface area contributed by atoms with Crippen molar-refractivity contribution in [3.63, 3.8) is 0 Å². The molecule has 8 heteroatoms. The highest BCUT2D eigenvalue weighted by Gasteiger charge is 2.47. The standard InChI is InChI=1S/C30H21F2NO5/c1-37-25-14-13-20(32)17-24(25)28(34)26-27(33(30(36)29(26)35)21-9-6-8-19(31)16-21)18-7-5-12-23(15-18)38-22-10-3-2-4-11-22/h2-17,27,34H,1H3/b28-26+. The lowest BCUT2D eigenvalue weighted by Crippen LogP contribution is -2.29. The zero-order valence-electron chi connectivity index (χ0n) is 20.1. The van der Waals surface area contributed by atoms with E-state index in [1.807, 2.05) is 18.2 Å². The van der Waals surface area contributed by atoms with Gasteiger partial charge in [0, 0.05) is 5.69 Å². The number of ether oxygens (including phenoxy) is 2. The van der Waals surface area contributed by atoms with Crippen LogP contribution < -0.4 is 14.4 Å². The van der Waals surface area contributed by atoms with Gasteiger partial charge in [-0.25, -0.2) is 8.78 Å². The van der Waals surface area contributed by atoms with E-state index in [9.17, 15) is 23.5 Å². The van der Waals surface area contributed by atoms with Crippen molar-refractivity contribution in [2.75, 3.05) is 12.0 Å². The number of halogens is 2. The molecule has 4 aromatic rings. The van der Waals surface area contributed by atoms with Crippen molar-refractivity contribution >= 4 is 23.1 Å². The fourth-order valence-corrected chi connectivity index (χ4v) is 4.42. The van der Waals surface area contributed by atoms with E-state index in [1.54, 1.807) is 36.4 Å². The SMILES string of the molecule is COc1ccc(F)cc1/C(O)=C1\C(=O)C(=O)N(c2cccc(F)c2)C1c1cccc(Oc2ccccc2)c1. The van der Waals surface area contributed by atoms with E-state index in [1.165, 1.54) is 31.4 Å². The van der Waals surface area contributed by atoms with Crippen LogP contribution in [0.15, 0.2) is 103 Å². The lowest BCUT2D eigenvalue weighted by molar-refractivity contribution is -0.132. The zero-order valence-corrected chi connectivity index (χ0v) is 20.1. The largest absolute Gasteiger partial charge is 0.507 e. The molecule has 1 aliphatic rings. The number of anilines is 1. The minimum Gasteiger partial charge on any atom is -0.507 e. The molecule has 1 heterocycles. The maximum absolute atomic E-state index is 14.2. The Morgan fingerprint density at radius 2 is 1.53 bits per heavy atom. The summed E-state index contributed by atoms with van der Waals surface area (Å²) in [5.74, 6) is -2.85. The number of hydrogen-bond acceptors (Lipinski definition) is 5. The van der Waals surface area contributed by atoms with Gasteiger partial charge in [-0.05, 0) is 66.2 Å². The summed E-state index contributed by atoms with van der Waals surface area (Å²) in [5, 5.41) is 11.3. The second kappa shape index (κ2) is 10.2. The van der Waals surface area contributed by atoms with Gasteiger partial charge in [-0.3, -0.25) is 14.5 Å². The van der Waals surface area contributed by atoms with Crippen molar-refractivity contribution in [3.8, 4) is 17.2 Å². The van der Waals surface area contributed by atoms with Gasteiger partial charge in [0.2, 0.25) is 0 Å². The van der Waals surface area contributed by atoms with Crippen LogP contribution in [0.5, 0.6) is 17.2 Å². The molecule has 1 amide bonds. The molecule has 1 unspecified atom stereocenters. The molecule has 0 spiro atoms. The summed E-state index contributed by atoms with van der Waals surface area (Å²) >= 11 is 0. The van der Waals surface area contributed by atoms with Gasteiger partial charge in [-0.1, -0.05) is 36.4 Å². The molecular weight excluding hydrogens is 492 g/mol. The van der Waals surface area contributed by atoms with Gasteiger partial charge in [0.1, 0.15) is 34.6 Å². The molecule has 0 aromatic heterocycles. The second-order valence-electron chi connectivity index (χ2n) is 8.48. The summed E-state index contributed by atoms with van der Waals surface area (Å²) in [7, 11) is 1.33. The fraction of sp³-hybridized carbons (Fsp3) is 0.0667. The average molecular weight is 513 g/mol. The highest BCUT2D eigenvalue weighted by atomic mass is 19.1. The van der Waals surface area contributed by atoms with Crippen molar-refractivity contribution < 1.29 is 33.0 Å². The quantitative estimate of drug-likeness (QED) is 0.184. The van der Waals surface area contributed by atoms with Crippen molar-refractivity contribution in [2.45, 2.75) is 6.04 Å². The highest BCUT2D eigenvalue weighted by Crippen LogP contribution is 2.44. The molecule has 1 fully saturated rings. The van der Waals surface area contributed by atoms with Crippen LogP contribution in [0.4, 0.5) is 14.5 Å². The number of rotatable bonds is 6. The van der Waals surface area contributed by atoms with Gasteiger partial charge < -0.3 is 14.6 Å². The average Bonchev–Trinajstić information content (AvgIpc) is 3.19. The van der Waals surface area contributed by atoms with Gasteiger partial charge in [0.15, 0.2) is 0 Å². The van der Waals surface area contributed by atoms with Crippen LogP contribution >= 0.6 is 0 Å². The maximum atomic E-state index is 14.2. The topological polar surface area (TPSA) is 76.1 Å². The van der Waals surface area contributed by atoms with Crippen LogP contribution in [0, 0.1) is 11.6 Å². The van der Waals surface area contributed by atoms with E-state index >= 15 is 0 Å². The van der Waals surface area contributed by atoms with Crippen LogP contribution in [0.3, 0.4) is 0 Å². The first-order valence-electron chi connectivity index (χ1n) is 11.6. The molecule has 0 bridgehead atoms. The van der Waals surface area contributed by atoms with E-state index in [0.717, 1.165) is 23.1 Å². The van der Waals surface area contributed by atoms with E-state index in [0.29, 0.717) is 17.1 Å². The number of aliphatic hydroxyl groups is 1. The molecule has 0 radical (unpaired) electrons. The Labute approximate surface area is 217 Å². The molecular formula is C30H21F2NO5. The summed E-state index contributed by atoms with van der Waals surface area (Å²) in [4.78, 5) is 27.8. The third-order valence-corrected chi connectivity index (χ3v) is 6.10.